The van der Waals surface area contributed by atoms with Gasteiger partial charge in [-0.2, -0.15) is 0 Å². The summed E-state index contributed by atoms with van der Waals surface area (Å²) in [6.07, 6.45) is 2.40. The fourth-order valence-corrected chi connectivity index (χ4v) is 3.35. The van der Waals surface area contributed by atoms with Gasteiger partial charge in [0.05, 0.1) is 38.1 Å². The van der Waals surface area contributed by atoms with Gasteiger partial charge < -0.3 is 14.2 Å². The Bertz CT molecular complexity index is 626. The molecule has 0 aromatic heterocycles. The van der Waals surface area contributed by atoms with E-state index < -0.39 is 0 Å². The Morgan fingerprint density at radius 1 is 0.885 bits per heavy atom. The lowest BCUT2D eigenvalue weighted by atomic mass is 9.94. The van der Waals surface area contributed by atoms with Gasteiger partial charge in [-0.15, -0.1) is 0 Å². The van der Waals surface area contributed by atoms with Gasteiger partial charge in [-0.1, -0.05) is 74.5 Å². The van der Waals surface area contributed by atoms with Crippen LogP contribution in [0.4, 0.5) is 0 Å². The molecule has 0 saturated carbocycles. The van der Waals surface area contributed by atoms with Gasteiger partial charge in [-0.05, 0) is 17.0 Å². The molecule has 140 valence electrons. The van der Waals surface area contributed by atoms with Crippen molar-refractivity contribution in [3.8, 4) is 0 Å². The van der Waals surface area contributed by atoms with Crippen LogP contribution in [0.2, 0.25) is 0 Å². The first-order valence-corrected chi connectivity index (χ1v) is 9.63. The van der Waals surface area contributed by atoms with Crippen LogP contribution in [0.1, 0.15) is 37.8 Å². The summed E-state index contributed by atoms with van der Waals surface area (Å²) in [6, 6.07) is 20.6. The van der Waals surface area contributed by atoms with Gasteiger partial charge in [0, 0.05) is 12.8 Å². The molecule has 1 fully saturated rings. The molecular formula is C23H30O3. The second kappa shape index (κ2) is 9.86. The second-order valence-corrected chi connectivity index (χ2v) is 7.43. The van der Waals surface area contributed by atoms with E-state index in [0.717, 1.165) is 12.8 Å². The minimum atomic E-state index is 0.0978. The molecule has 3 heteroatoms. The summed E-state index contributed by atoms with van der Waals surface area (Å²) in [5, 5.41) is 0. The van der Waals surface area contributed by atoms with E-state index >= 15 is 0 Å². The fourth-order valence-electron chi connectivity index (χ4n) is 3.35. The van der Waals surface area contributed by atoms with Gasteiger partial charge in [-0.3, -0.25) is 0 Å². The van der Waals surface area contributed by atoms with Crippen LogP contribution in [-0.4, -0.2) is 24.9 Å². The Labute approximate surface area is 157 Å². The molecule has 0 radical (unpaired) electrons. The SMILES string of the molecule is CC(C)C1CC(OCc2ccccc2)CC(COCc2ccccc2)O1. The van der Waals surface area contributed by atoms with E-state index in [0.29, 0.717) is 25.7 Å². The molecule has 3 rings (SSSR count). The lowest BCUT2D eigenvalue weighted by Gasteiger charge is -2.37. The molecule has 3 atom stereocenters. The van der Waals surface area contributed by atoms with Gasteiger partial charge in [-0.25, -0.2) is 0 Å². The minimum absolute atomic E-state index is 0.0978. The number of rotatable bonds is 8. The third kappa shape index (κ3) is 5.94. The quantitative estimate of drug-likeness (QED) is 0.668. The number of hydrogen-bond acceptors (Lipinski definition) is 3. The Kier molecular flexibility index (Phi) is 7.24. The monoisotopic (exact) mass is 354 g/mol. The van der Waals surface area contributed by atoms with Gasteiger partial charge in [0.15, 0.2) is 0 Å². The molecule has 1 aliphatic rings. The van der Waals surface area contributed by atoms with Crippen molar-refractivity contribution < 1.29 is 14.2 Å². The highest BCUT2D eigenvalue weighted by Crippen LogP contribution is 2.27. The predicted molar refractivity (Wildman–Crippen MR) is 104 cm³/mol. The van der Waals surface area contributed by atoms with Crippen LogP contribution in [0.15, 0.2) is 60.7 Å². The normalized spacial score (nSPS) is 23.3. The second-order valence-electron chi connectivity index (χ2n) is 7.43. The van der Waals surface area contributed by atoms with Crippen LogP contribution < -0.4 is 0 Å². The molecule has 1 aliphatic heterocycles. The highest BCUT2D eigenvalue weighted by molar-refractivity contribution is 5.14. The third-order valence-electron chi connectivity index (χ3n) is 4.88. The Balaban J connectivity index is 1.50. The summed E-state index contributed by atoms with van der Waals surface area (Å²) in [4.78, 5) is 0. The molecule has 0 N–H and O–H groups in total. The summed E-state index contributed by atoms with van der Waals surface area (Å²) in [5.74, 6) is 0.481. The Morgan fingerprint density at radius 2 is 1.50 bits per heavy atom. The molecule has 2 aromatic carbocycles. The maximum atomic E-state index is 6.26. The minimum Gasteiger partial charge on any atom is -0.374 e. The van der Waals surface area contributed by atoms with E-state index in [1.54, 1.807) is 0 Å². The Morgan fingerprint density at radius 3 is 2.12 bits per heavy atom. The van der Waals surface area contributed by atoms with E-state index in [4.69, 9.17) is 14.2 Å². The molecule has 0 aliphatic carbocycles. The highest BCUT2D eigenvalue weighted by atomic mass is 16.5. The summed E-state index contributed by atoms with van der Waals surface area (Å²) in [5.41, 5.74) is 2.41. The van der Waals surface area contributed by atoms with Crippen LogP contribution in [0.25, 0.3) is 0 Å². The average molecular weight is 354 g/mol. The maximum Gasteiger partial charge on any atom is 0.0837 e. The lowest BCUT2D eigenvalue weighted by molar-refractivity contribution is -0.151. The van der Waals surface area contributed by atoms with E-state index in [1.165, 1.54) is 11.1 Å². The van der Waals surface area contributed by atoms with E-state index in [2.05, 4.69) is 50.2 Å². The van der Waals surface area contributed by atoms with Crippen molar-refractivity contribution in [3.05, 3.63) is 71.8 Å². The van der Waals surface area contributed by atoms with Crippen molar-refractivity contribution in [3.63, 3.8) is 0 Å². The third-order valence-corrected chi connectivity index (χ3v) is 4.88. The summed E-state index contributed by atoms with van der Waals surface area (Å²) in [6.45, 7) is 6.33. The molecular weight excluding hydrogens is 324 g/mol. The van der Waals surface area contributed by atoms with Crippen LogP contribution in [0, 0.1) is 5.92 Å². The fraction of sp³-hybridized carbons (Fsp3) is 0.478. The zero-order valence-electron chi connectivity index (χ0n) is 15.8. The van der Waals surface area contributed by atoms with Gasteiger partial charge in [0.25, 0.3) is 0 Å². The maximum absolute atomic E-state index is 6.26. The first-order valence-electron chi connectivity index (χ1n) is 9.63. The molecule has 26 heavy (non-hydrogen) atoms. The van der Waals surface area contributed by atoms with Crippen molar-refractivity contribution in [2.24, 2.45) is 5.92 Å². The van der Waals surface area contributed by atoms with Crippen LogP contribution in [0.3, 0.4) is 0 Å². The van der Waals surface area contributed by atoms with Gasteiger partial charge >= 0.3 is 0 Å². The van der Waals surface area contributed by atoms with Crippen LogP contribution in [-0.2, 0) is 27.4 Å². The zero-order valence-corrected chi connectivity index (χ0v) is 15.8. The van der Waals surface area contributed by atoms with E-state index in [-0.39, 0.29) is 18.3 Å². The van der Waals surface area contributed by atoms with Crippen molar-refractivity contribution in [2.45, 2.75) is 58.2 Å². The predicted octanol–water partition coefficient (Wildman–Crippen LogP) is 4.99. The van der Waals surface area contributed by atoms with Gasteiger partial charge in [0.2, 0.25) is 0 Å². The average Bonchev–Trinajstić information content (AvgIpc) is 2.68. The first kappa shape index (κ1) is 19.1. The van der Waals surface area contributed by atoms with Crippen LogP contribution >= 0.6 is 0 Å². The van der Waals surface area contributed by atoms with E-state index in [1.807, 2.05) is 24.3 Å². The van der Waals surface area contributed by atoms with Crippen molar-refractivity contribution >= 4 is 0 Å². The standard InChI is InChI=1S/C23H30O3/c1-18(2)23-14-21(25-16-20-11-7-4-8-12-20)13-22(26-23)17-24-15-19-9-5-3-6-10-19/h3-12,18,21-23H,13-17H2,1-2H3. The molecule has 3 unspecified atom stereocenters. The number of benzene rings is 2. The molecule has 0 bridgehead atoms. The first-order chi connectivity index (χ1) is 12.7. The summed E-state index contributed by atoms with van der Waals surface area (Å²) < 4.78 is 18.4. The number of ether oxygens (including phenoxy) is 3. The molecule has 0 amide bonds. The van der Waals surface area contributed by atoms with Gasteiger partial charge in [0.1, 0.15) is 0 Å². The molecule has 2 aromatic rings. The molecule has 1 saturated heterocycles. The van der Waals surface area contributed by atoms with Crippen molar-refractivity contribution in [1.29, 1.82) is 0 Å². The van der Waals surface area contributed by atoms with E-state index in [9.17, 15) is 0 Å². The highest BCUT2D eigenvalue weighted by Gasteiger charge is 2.31. The smallest absolute Gasteiger partial charge is 0.0837 e. The zero-order chi connectivity index (χ0) is 18.2. The number of hydrogen-bond donors (Lipinski definition) is 0. The lowest BCUT2D eigenvalue weighted by Crippen LogP contribution is -2.41. The molecule has 1 heterocycles. The molecule has 0 spiro atoms. The van der Waals surface area contributed by atoms with Crippen LogP contribution in [0.5, 0.6) is 0 Å². The summed E-state index contributed by atoms with van der Waals surface area (Å²) >= 11 is 0. The topological polar surface area (TPSA) is 27.7 Å². The Hall–Kier alpha value is -1.68. The summed E-state index contributed by atoms with van der Waals surface area (Å²) in [7, 11) is 0. The molecule has 3 nitrogen and oxygen atoms in total. The van der Waals surface area contributed by atoms with Crippen molar-refractivity contribution in [1.82, 2.24) is 0 Å². The largest absolute Gasteiger partial charge is 0.374 e. The van der Waals surface area contributed by atoms with Crippen molar-refractivity contribution in [2.75, 3.05) is 6.61 Å².